The molecule has 0 N–H and O–H groups in total. The molecule has 0 spiro atoms. The highest BCUT2D eigenvalue weighted by Crippen LogP contribution is 2.28. The largest absolute Gasteiger partial charge is 0.296 e. The number of fused-ring (bicyclic) bond motifs is 1. The van der Waals surface area contributed by atoms with E-state index >= 15 is 0 Å². The summed E-state index contributed by atoms with van der Waals surface area (Å²) in [5, 5.41) is 1.03. The van der Waals surface area contributed by atoms with Crippen LogP contribution < -0.4 is 5.56 Å². The summed E-state index contributed by atoms with van der Waals surface area (Å²) in [6.45, 7) is 4.46. The van der Waals surface area contributed by atoms with Crippen molar-refractivity contribution in [3.63, 3.8) is 0 Å². The zero-order valence-electron chi connectivity index (χ0n) is 16.3. The van der Waals surface area contributed by atoms with Gasteiger partial charge in [-0.15, -0.1) is 0 Å². The van der Waals surface area contributed by atoms with Gasteiger partial charge in [0.2, 0.25) is 10.0 Å². The van der Waals surface area contributed by atoms with Crippen molar-refractivity contribution >= 4 is 32.5 Å². The normalized spacial score (nSPS) is 16.4. The molecule has 0 amide bonds. The van der Waals surface area contributed by atoms with Crippen molar-refractivity contribution in [1.82, 2.24) is 13.9 Å². The third-order valence-corrected chi connectivity index (χ3v) is 7.84. The summed E-state index contributed by atoms with van der Waals surface area (Å²) < 4.78 is 29.0. The van der Waals surface area contributed by atoms with Gasteiger partial charge < -0.3 is 0 Å². The van der Waals surface area contributed by atoms with E-state index in [4.69, 9.17) is 11.6 Å². The number of benzene rings is 2. The van der Waals surface area contributed by atoms with E-state index in [0.29, 0.717) is 41.9 Å². The molecule has 29 heavy (non-hydrogen) atoms. The van der Waals surface area contributed by atoms with Gasteiger partial charge in [0.05, 0.1) is 22.1 Å². The minimum absolute atomic E-state index is 0.0760. The molecular formula is C21H22ClN3O3S. The molecule has 0 radical (unpaired) electrons. The molecule has 1 aliphatic rings. The van der Waals surface area contributed by atoms with Crippen LogP contribution >= 0.6 is 11.6 Å². The smallest absolute Gasteiger partial charge is 0.261 e. The van der Waals surface area contributed by atoms with Crippen LogP contribution in [0.4, 0.5) is 0 Å². The molecule has 0 saturated carbocycles. The fourth-order valence-corrected chi connectivity index (χ4v) is 5.50. The summed E-state index contributed by atoms with van der Waals surface area (Å²) in [5.41, 5.74) is 2.44. The molecule has 2 heterocycles. The van der Waals surface area contributed by atoms with Crippen molar-refractivity contribution in [3.05, 3.63) is 69.2 Å². The number of rotatable bonds is 3. The summed E-state index contributed by atoms with van der Waals surface area (Å²) >= 11 is 6.11. The lowest BCUT2D eigenvalue weighted by Gasteiger charge is -2.32. The van der Waals surface area contributed by atoms with E-state index in [-0.39, 0.29) is 16.5 Å². The molecule has 1 saturated heterocycles. The van der Waals surface area contributed by atoms with Crippen molar-refractivity contribution in [2.75, 3.05) is 13.1 Å². The first-order valence-electron chi connectivity index (χ1n) is 9.51. The summed E-state index contributed by atoms with van der Waals surface area (Å²) in [5.74, 6) is 0. The minimum Gasteiger partial charge on any atom is -0.296 e. The van der Waals surface area contributed by atoms with Crippen LogP contribution in [0.25, 0.3) is 10.9 Å². The standard InChI is InChI=1S/C21H22ClN3O3S/c1-14-3-6-20-18(11-14)21(26)25(13-23-20)16-7-9-24(10-8-16)29(27,28)17-5-4-15(2)19(22)12-17/h3-6,11-13,16H,7-10H2,1-2H3. The fourth-order valence-electron chi connectivity index (χ4n) is 3.75. The molecule has 1 aromatic heterocycles. The minimum atomic E-state index is -3.61. The number of hydrogen-bond donors (Lipinski definition) is 0. The first-order chi connectivity index (χ1) is 13.8. The molecule has 8 heteroatoms. The number of aryl methyl sites for hydroxylation is 2. The molecular weight excluding hydrogens is 410 g/mol. The Kier molecular flexibility index (Phi) is 5.23. The second kappa shape index (κ2) is 7.55. The SMILES string of the molecule is Cc1ccc2ncn(C3CCN(S(=O)(=O)c4ccc(C)c(Cl)c4)CC3)c(=O)c2c1. The number of aromatic nitrogens is 2. The van der Waals surface area contributed by atoms with Gasteiger partial charge in [-0.2, -0.15) is 4.31 Å². The summed E-state index contributed by atoms with van der Waals surface area (Å²) in [6.07, 6.45) is 2.68. The van der Waals surface area contributed by atoms with Gasteiger partial charge in [0, 0.05) is 24.2 Å². The lowest BCUT2D eigenvalue weighted by atomic mass is 10.1. The lowest BCUT2D eigenvalue weighted by Crippen LogP contribution is -2.40. The van der Waals surface area contributed by atoms with Gasteiger partial charge in [0.1, 0.15) is 0 Å². The predicted molar refractivity (Wildman–Crippen MR) is 114 cm³/mol. The quantitative estimate of drug-likeness (QED) is 0.634. The highest BCUT2D eigenvalue weighted by Gasteiger charge is 2.30. The van der Waals surface area contributed by atoms with Crippen LogP contribution in [0.2, 0.25) is 5.02 Å². The van der Waals surface area contributed by atoms with Crippen LogP contribution in [0.3, 0.4) is 0 Å². The Morgan fingerprint density at radius 3 is 2.48 bits per heavy atom. The van der Waals surface area contributed by atoms with E-state index in [9.17, 15) is 13.2 Å². The molecule has 0 unspecified atom stereocenters. The number of hydrogen-bond acceptors (Lipinski definition) is 4. The highest BCUT2D eigenvalue weighted by atomic mass is 35.5. The molecule has 0 atom stereocenters. The van der Waals surface area contributed by atoms with Crippen LogP contribution in [0.1, 0.15) is 30.0 Å². The van der Waals surface area contributed by atoms with Crippen LogP contribution in [0.15, 0.2) is 52.4 Å². The summed E-state index contributed by atoms with van der Waals surface area (Å²) in [4.78, 5) is 17.5. The van der Waals surface area contributed by atoms with Gasteiger partial charge in [-0.1, -0.05) is 29.3 Å². The maximum absolute atomic E-state index is 13.0. The molecule has 152 valence electrons. The predicted octanol–water partition coefficient (Wildman–Crippen LogP) is 3.69. The van der Waals surface area contributed by atoms with Gasteiger partial charge in [0.15, 0.2) is 0 Å². The van der Waals surface area contributed by atoms with Gasteiger partial charge in [-0.25, -0.2) is 13.4 Å². The second-order valence-electron chi connectivity index (χ2n) is 7.52. The van der Waals surface area contributed by atoms with E-state index in [1.807, 2.05) is 32.0 Å². The first kappa shape index (κ1) is 20.1. The lowest BCUT2D eigenvalue weighted by molar-refractivity contribution is 0.269. The Hall–Kier alpha value is -2.22. The van der Waals surface area contributed by atoms with Crippen LogP contribution in [0, 0.1) is 13.8 Å². The maximum Gasteiger partial charge on any atom is 0.261 e. The second-order valence-corrected chi connectivity index (χ2v) is 9.87. The van der Waals surface area contributed by atoms with Crippen molar-refractivity contribution in [2.24, 2.45) is 0 Å². The molecule has 0 aliphatic carbocycles. The molecule has 0 bridgehead atoms. The molecule has 4 rings (SSSR count). The Labute approximate surface area is 174 Å². The first-order valence-corrected chi connectivity index (χ1v) is 11.3. The molecule has 1 fully saturated rings. The van der Waals surface area contributed by atoms with Gasteiger partial charge in [0.25, 0.3) is 5.56 Å². The number of sulfonamides is 1. The monoisotopic (exact) mass is 431 g/mol. The Morgan fingerprint density at radius 1 is 1.07 bits per heavy atom. The third-order valence-electron chi connectivity index (χ3n) is 5.54. The number of piperidine rings is 1. The van der Waals surface area contributed by atoms with E-state index in [0.717, 1.165) is 11.1 Å². The van der Waals surface area contributed by atoms with Crippen LogP contribution in [0.5, 0.6) is 0 Å². The van der Waals surface area contributed by atoms with Crippen LogP contribution in [-0.2, 0) is 10.0 Å². The van der Waals surface area contributed by atoms with Gasteiger partial charge in [-0.05, 0) is 56.5 Å². The Morgan fingerprint density at radius 2 is 1.79 bits per heavy atom. The summed E-state index contributed by atoms with van der Waals surface area (Å²) in [6, 6.07) is 10.3. The van der Waals surface area contributed by atoms with E-state index < -0.39 is 10.0 Å². The average Bonchev–Trinajstić information content (AvgIpc) is 2.71. The Bertz CT molecular complexity index is 1250. The van der Waals surface area contributed by atoms with Crippen molar-refractivity contribution in [3.8, 4) is 0 Å². The highest BCUT2D eigenvalue weighted by molar-refractivity contribution is 7.89. The third kappa shape index (κ3) is 3.70. The molecule has 1 aliphatic heterocycles. The fraction of sp³-hybridized carbons (Fsp3) is 0.333. The van der Waals surface area contributed by atoms with Gasteiger partial charge >= 0.3 is 0 Å². The molecule has 3 aromatic rings. The van der Waals surface area contributed by atoms with Crippen molar-refractivity contribution < 1.29 is 8.42 Å². The van der Waals surface area contributed by atoms with Crippen molar-refractivity contribution in [1.29, 1.82) is 0 Å². The Balaban J connectivity index is 1.56. The van der Waals surface area contributed by atoms with E-state index in [2.05, 4.69) is 4.98 Å². The van der Waals surface area contributed by atoms with Crippen LogP contribution in [-0.4, -0.2) is 35.4 Å². The summed E-state index contributed by atoms with van der Waals surface area (Å²) in [7, 11) is -3.61. The van der Waals surface area contributed by atoms with Gasteiger partial charge in [-0.3, -0.25) is 9.36 Å². The average molecular weight is 432 g/mol. The van der Waals surface area contributed by atoms with E-state index in [1.165, 1.54) is 10.4 Å². The zero-order chi connectivity index (χ0) is 20.8. The van der Waals surface area contributed by atoms with E-state index in [1.54, 1.807) is 23.0 Å². The number of nitrogens with zero attached hydrogens (tertiary/aromatic N) is 3. The van der Waals surface area contributed by atoms with Crippen molar-refractivity contribution in [2.45, 2.75) is 37.6 Å². The molecule has 2 aromatic carbocycles. The molecule has 6 nitrogen and oxygen atoms in total. The zero-order valence-corrected chi connectivity index (χ0v) is 17.9. The topological polar surface area (TPSA) is 72.3 Å². The maximum atomic E-state index is 13.0. The number of halogens is 1.